The molecule has 0 saturated carbocycles. The Bertz CT molecular complexity index is 480. The fourth-order valence-corrected chi connectivity index (χ4v) is 1.75. The van der Waals surface area contributed by atoms with Crippen molar-refractivity contribution in [3.63, 3.8) is 0 Å². The zero-order valence-electron chi connectivity index (χ0n) is 13.4. The van der Waals surface area contributed by atoms with Gasteiger partial charge in [0.15, 0.2) is 17.6 Å². The summed E-state index contributed by atoms with van der Waals surface area (Å²) in [6.07, 6.45) is -0.479. The molecule has 0 heterocycles. The Kier molecular flexibility index (Phi) is 6.03. The van der Waals surface area contributed by atoms with E-state index in [0.717, 1.165) is 5.56 Å². The van der Waals surface area contributed by atoms with Crippen LogP contribution in [-0.2, 0) is 11.3 Å². The Morgan fingerprint density at radius 2 is 2.00 bits per heavy atom. The molecule has 0 bridgehead atoms. The molecular formula is C16H25NO4. The van der Waals surface area contributed by atoms with E-state index >= 15 is 0 Å². The van der Waals surface area contributed by atoms with Crippen molar-refractivity contribution in [2.24, 2.45) is 0 Å². The third kappa shape index (κ3) is 5.63. The van der Waals surface area contributed by atoms with Crippen molar-refractivity contribution in [2.75, 3.05) is 7.11 Å². The first-order valence-corrected chi connectivity index (χ1v) is 7.08. The maximum atomic E-state index is 11.1. The summed E-state index contributed by atoms with van der Waals surface area (Å²) < 4.78 is 10.8. The molecular weight excluding hydrogens is 270 g/mol. The highest BCUT2D eigenvalue weighted by molar-refractivity contribution is 5.72. The fourth-order valence-electron chi connectivity index (χ4n) is 1.75. The van der Waals surface area contributed by atoms with Gasteiger partial charge in [-0.05, 0) is 44.9 Å². The molecule has 0 saturated heterocycles. The summed E-state index contributed by atoms with van der Waals surface area (Å²) in [4.78, 5) is 11.1. The number of hydrogen-bond acceptors (Lipinski definition) is 4. The van der Waals surface area contributed by atoms with Gasteiger partial charge < -0.3 is 19.9 Å². The number of carboxylic acid groups (broad SMARTS) is 1. The lowest BCUT2D eigenvalue weighted by atomic mass is 10.1. The molecule has 0 fully saturated rings. The van der Waals surface area contributed by atoms with E-state index in [1.54, 1.807) is 13.0 Å². The Labute approximate surface area is 126 Å². The van der Waals surface area contributed by atoms with Crippen molar-refractivity contribution in [1.82, 2.24) is 5.32 Å². The van der Waals surface area contributed by atoms with Crippen LogP contribution < -0.4 is 14.8 Å². The van der Waals surface area contributed by atoms with Gasteiger partial charge in [-0.3, -0.25) is 0 Å². The first-order valence-electron chi connectivity index (χ1n) is 7.08. The molecule has 0 aliphatic heterocycles. The van der Waals surface area contributed by atoms with Gasteiger partial charge in [-0.25, -0.2) is 4.79 Å². The third-order valence-corrected chi connectivity index (χ3v) is 2.97. The minimum Gasteiger partial charge on any atom is -0.493 e. The zero-order valence-corrected chi connectivity index (χ0v) is 13.4. The van der Waals surface area contributed by atoms with Crippen molar-refractivity contribution in [3.05, 3.63) is 23.8 Å². The Morgan fingerprint density at radius 3 is 2.48 bits per heavy atom. The topological polar surface area (TPSA) is 67.8 Å². The largest absolute Gasteiger partial charge is 0.493 e. The highest BCUT2D eigenvalue weighted by Crippen LogP contribution is 2.29. The monoisotopic (exact) mass is 295 g/mol. The molecule has 0 spiro atoms. The van der Waals surface area contributed by atoms with E-state index in [9.17, 15) is 4.79 Å². The molecule has 1 aromatic carbocycles. The van der Waals surface area contributed by atoms with Crippen LogP contribution in [0.1, 0.15) is 39.7 Å². The maximum absolute atomic E-state index is 11.1. The second-order valence-corrected chi connectivity index (χ2v) is 5.94. The van der Waals surface area contributed by atoms with E-state index in [1.807, 2.05) is 12.1 Å². The van der Waals surface area contributed by atoms with E-state index < -0.39 is 12.1 Å². The lowest BCUT2D eigenvalue weighted by molar-refractivity contribution is -0.145. The van der Waals surface area contributed by atoms with Crippen molar-refractivity contribution in [3.8, 4) is 11.5 Å². The quantitative estimate of drug-likeness (QED) is 0.809. The van der Waals surface area contributed by atoms with E-state index in [0.29, 0.717) is 24.5 Å². The van der Waals surface area contributed by atoms with Gasteiger partial charge in [0.25, 0.3) is 0 Å². The van der Waals surface area contributed by atoms with Crippen molar-refractivity contribution in [1.29, 1.82) is 0 Å². The van der Waals surface area contributed by atoms with Gasteiger partial charge in [-0.1, -0.05) is 13.0 Å². The SMILES string of the molecule is CCC(Oc1cc(CNC(C)(C)C)ccc1OC)C(=O)O. The molecule has 5 heteroatoms. The number of methoxy groups -OCH3 is 1. The smallest absolute Gasteiger partial charge is 0.344 e. The van der Waals surface area contributed by atoms with Crippen LogP contribution in [0.4, 0.5) is 0 Å². The molecule has 0 aliphatic carbocycles. The summed E-state index contributed by atoms with van der Waals surface area (Å²) in [6, 6.07) is 5.55. The summed E-state index contributed by atoms with van der Waals surface area (Å²) in [7, 11) is 1.54. The number of carbonyl (C=O) groups is 1. The lowest BCUT2D eigenvalue weighted by Gasteiger charge is -2.21. The number of nitrogens with one attached hydrogen (secondary N) is 1. The molecule has 2 N–H and O–H groups in total. The zero-order chi connectivity index (χ0) is 16.0. The number of benzene rings is 1. The normalized spacial score (nSPS) is 12.8. The standard InChI is InChI=1S/C16H25NO4/c1-6-12(15(18)19)21-14-9-11(7-8-13(14)20-5)10-17-16(2,3)4/h7-9,12,17H,6,10H2,1-5H3,(H,18,19). The van der Waals surface area contributed by atoms with Crippen LogP contribution in [0.5, 0.6) is 11.5 Å². The van der Waals surface area contributed by atoms with Crippen LogP contribution in [0, 0.1) is 0 Å². The van der Waals surface area contributed by atoms with E-state index in [-0.39, 0.29) is 5.54 Å². The minimum atomic E-state index is -0.974. The number of hydrogen-bond donors (Lipinski definition) is 2. The van der Waals surface area contributed by atoms with E-state index in [2.05, 4.69) is 26.1 Å². The van der Waals surface area contributed by atoms with Crippen molar-refractivity contribution < 1.29 is 19.4 Å². The second-order valence-electron chi connectivity index (χ2n) is 5.94. The molecule has 1 unspecified atom stereocenters. The second kappa shape index (κ2) is 7.31. The molecule has 0 aromatic heterocycles. The van der Waals surface area contributed by atoms with Gasteiger partial charge in [0, 0.05) is 12.1 Å². The molecule has 21 heavy (non-hydrogen) atoms. The van der Waals surface area contributed by atoms with Crippen molar-refractivity contribution >= 4 is 5.97 Å². The first kappa shape index (κ1) is 17.3. The van der Waals surface area contributed by atoms with Gasteiger partial charge in [-0.15, -0.1) is 0 Å². The molecule has 0 aliphatic rings. The highest BCUT2D eigenvalue weighted by Gasteiger charge is 2.19. The van der Waals surface area contributed by atoms with Crippen LogP contribution in [0.2, 0.25) is 0 Å². The molecule has 0 radical (unpaired) electrons. The Morgan fingerprint density at radius 1 is 1.33 bits per heavy atom. The van der Waals surface area contributed by atoms with Gasteiger partial charge in [0.05, 0.1) is 7.11 Å². The predicted octanol–water partition coefficient (Wildman–Crippen LogP) is 2.83. The van der Waals surface area contributed by atoms with Crippen LogP contribution >= 0.6 is 0 Å². The van der Waals surface area contributed by atoms with Gasteiger partial charge in [0.1, 0.15) is 0 Å². The van der Waals surface area contributed by atoms with Gasteiger partial charge in [0.2, 0.25) is 0 Å². The first-order chi connectivity index (χ1) is 9.76. The average Bonchev–Trinajstić information content (AvgIpc) is 2.41. The van der Waals surface area contributed by atoms with Crippen LogP contribution in [-0.4, -0.2) is 29.8 Å². The Balaban J connectivity index is 2.92. The van der Waals surface area contributed by atoms with Crippen LogP contribution in [0.25, 0.3) is 0 Å². The molecule has 1 atom stereocenters. The molecule has 1 aromatic rings. The minimum absolute atomic E-state index is 0.00790. The van der Waals surface area contributed by atoms with Gasteiger partial charge in [-0.2, -0.15) is 0 Å². The third-order valence-electron chi connectivity index (χ3n) is 2.97. The van der Waals surface area contributed by atoms with Crippen LogP contribution in [0.15, 0.2) is 18.2 Å². The fraction of sp³-hybridized carbons (Fsp3) is 0.562. The van der Waals surface area contributed by atoms with Gasteiger partial charge >= 0.3 is 5.97 Å². The molecule has 5 nitrogen and oxygen atoms in total. The van der Waals surface area contributed by atoms with Crippen LogP contribution in [0.3, 0.4) is 0 Å². The Hall–Kier alpha value is -1.75. The summed E-state index contributed by atoms with van der Waals surface area (Å²) >= 11 is 0. The lowest BCUT2D eigenvalue weighted by Crippen LogP contribution is -2.35. The summed E-state index contributed by atoms with van der Waals surface area (Å²) in [5, 5.41) is 12.5. The van der Waals surface area contributed by atoms with Crippen molar-refractivity contribution in [2.45, 2.75) is 52.3 Å². The predicted molar refractivity (Wildman–Crippen MR) is 81.9 cm³/mol. The molecule has 0 amide bonds. The highest BCUT2D eigenvalue weighted by atomic mass is 16.5. The number of rotatable bonds is 7. The maximum Gasteiger partial charge on any atom is 0.344 e. The van der Waals surface area contributed by atoms with E-state index in [4.69, 9.17) is 14.6 Å². The number of ether oxygens (including phenoxy) is 2. The molecule has 118 valence electrons. The number of aliphatic carboxylic acids is 1. The molecule has 1 rings (SSSR count). The number of carboxylic acids is 1. The van der Waals surface area contributed by atoms with E-state index in [1.165, 1.54) is 7.11 Å². The summed E-state index contributed by atoms with van der Waals surface area (Å²) in [5.74, 6) is 0.0203. The summed E-state index contributed by atoms with van der Waals surface area (Å²) in [5.41, 5.74) is 1.02. The summed E-state index contributed by atoms with van der Waals surface area (Å²) in [6.45, 7) is 8.71. The average molecular weight is 295 g/mol.